The molecule has 3 heteroatoms. The van der Waals surface area contributed by atoms with Crippen molar-refractivity contribution in [2.45, 2.75) is 64.0 Å². The molecule has 16 heavy (non-hydrogen) atoms. The molecule has 2 aliphatic rings. The van der Waals surface area contributed by atoms with Gasteiger partial charge in [-0.2, -0.15) is 0 Å². The van der Waals surface area contributed by atoms with Gasteiger partial charge < -0.3 is 10.6 Å². The molecule has 2 N–H and O–H groups in total. The van der Waals surface area contributed by atoms with E-state index in [2.05, 4.69) is 17.6 Å². The maximum atomic E-state index is 12.0. The number of carbonyl (C=O) groups excluding carboxylic acids is 1. The van der Waals surface area contributed by atoms with Gasteiger partial charge in [0, 0.05) is 6.04 Å². The minimum absolute atomic E-state index is 0.0713. The molecule has 0 bridgehead atoms. The molecule has 1 saturated carbocycles. The molecule has 0 aromatic carbocycles. The van der Waals surface area contributed by atoms with Crippen LogP contribution in [0.3, 0.4) is 0 Å². The number of hydrogen-bond donors (Lipinski definition) is 2. The average molecular weight is 224 g/mol. The van der Waals surface area contributed by atoms with Gasteiger partial charge in [-0.25, -0.2) is 0 Å². The molecular weight excluding hydrogens is 200 g/mol. The van der Waals surface area contributed by atoms with Gasteiger partial charge in [0.25, 0.3) is 0 Å². The van der Waals surface area contributed by atoms with Crippen molar-refractivity contribution in [3.63, 3.8) is 0 Å². The van der Waals surface area contributed by atoms with Crippen LogP contribution in [0.4, 0.5) is 0 Å². The molecule has 1 saturated heterocycles. The predicted molar refractivity (Wildman–Crippen MR) is 65.2 cm³/mol. The van der Waals surface area contributed by atoms with Crippen molar-refractivity contribution >= 4 is 5.91 Å². The summed E-state index contributed by atoms with van der Waals surface area (Å²) in [5.41, 5.74) is 0. The van der Waals surface area contributed by atoms with E-state index in [0.717, 1.165) is 25.3 Å². The third-order valence-corrected chi connectivity index (χ3v) is 3.78. The maximum Gasteiger partial charge on any atom is 0.237 e. The lowest BCUT2D eigenvalue weighted by Gasteiger charge is -2.25. The zero-order valence-electron chi connectivity index (χ0n) is 10.3. The molecular formula is C13H24N2O. The summed E-state index contributed by atoms with van der Waals surface area (Å²) in [5, 5.41) is 6.51. The van der Waals surface area contributed by atoms with Gasteiger partial charge in [0.2, 0.25) is 5.91 Å². The lowest BCUT2D eigenvalue weighted by molar-refractivity contribution is -0.124. The molecule has 92 valence electrons. The maximum absolute atomic E-state index is 12.0. The molecule has 2 atom stereocenters. The fraction of sp³-hybridized carbons (Fsp3) is 0.923. The molecule has 0 aromatic rings. The van der Waals surface area contributed by atoms with Crippen molar-refractivity contribution < 1.29 is 4.79 Å². The Balaban J connectivity index is 1.74. The summed E-state index contributed by atoms with van der Waals surface area (Å²) in [5.74, 6) is 1.12. The first-order chi connectivity index (χ1) is 7.79. The largest absolute Gasteiger partial charge is 0.352 e. The van der Waals surface area contributed by atoms with Gasteiger partial charge in [0.05, 0.1) is 6.04 Å². The van der Waals surface area contributed by atoms with Crippen molar-refractivity contribution in [2.24, 2.45) is 5.92 Å². The van der Waals surface area contributed by atoms with E-state index in [-0.39, 0.29) is 11.9 Å². The van der Waals surface area contributed by atoms with Crippen LogP contribution in [-0.2, 0) is 4.79 Å². The van der Waals surface area contributed by atoms with E-state index in [0.29, 0.717) is 6.04 Å². The lowest BCUT2D eigenvalue weighted by atomic mass is 10.0. The minimum Gasteiger partial charge on any atom is -0.352 e. The number of nitrogens with one attached hydrogen (secondary N) is 2. The molecule has 0 aromatic heterocycles. The summed E-state index contributed by atoms with van der Waals surface area (Å²) < 4.78 is 0. The van der Waals surface area contributed by atoms with Crippen molar-refractivity contribution in [1.82, 2.24) is 10.6 Å². The Morgan fingerprint density at radius 1 is 1.38 bits per heavy atom. The van der Waals surface area contributed by atoms with Crippen LogP contribution in [0.5, 0.6) is 0 Å². The summed E-state index contributed by atoms with van der Waals surface area (Å²) >= 11 is 0. The summed E-state index contributed by atoms with van der Waals surface area (Å²) in [7, 11) is 0. The van der Waals surface area contributed by atoms with Crippen LogP contribution < -0.4 is 10.6 Å². The number of amides is 1. The topological polar surface area (TPSA) is 41.1 Å². The first-order valence-electron chi connectivity index (χ1n) is 6.83. The molecule has 2 fully saturated rings. The average Bonchev–Trinajstić information content (AvgIpc) is 3.13. The van der Waals surface area contributed by atoms with Crippen LogP contribution in [-0.4, -0.2) is 24.5 Å². The monoisotopic (exact) mass is 224 g/mol. The Labute approximate surface area is 98.4 Å². The van der Waals surface area contributed by atoms with Gasteiger partial charge >= 0.3 is 0 Å². The molecule has 0 spiro atoms. The normalized spacial score (nSPS) is 27.4. The van der Waals surface area contributed by atoms with Gasteiger partial charge in [0.15, 0.2) is 0 Å². The Bertz CT molecular complexity index is 232. The number of hydrogen-bond acceptors (Lipinski definition) is 2. The van der Waals surface area contributed by atoms with Gasteiger partial charge in [-0.3, -0.25) is 4.79 Å². The van der Waals surface area contributed by atoms with Crippen molar-refractivity contribution in [3.05, 3.63) is 0 Å². The zero-order valence-corrected chi connectivity index (χ0v) is 10.3. The van der Waals surface area contributed by atoms with Crippen LogP contribution in [0.1, 0.15) is 51.9 Å². The van der Waals surface area contributed by atoms with Gasteiger partial charge in [-0.1, -0.05) is 26.2 Å². The van der Waals surface area contributed by atoms with Crippen LogP contribution >= 0.6 is 0 Å². The highest BCUT2D eigenvalue weighted by molar-refractivity contribution is 5.82. The second-order valence-electron chi connectivity index (χ2n) is 5.30. The third-order valence-electron chi connectivity index (χ3n) is 3.78. The molecule has 2 rings (SSSR count). The highest BCUT2D eigenvalue weighted by Crippen LogP contribution is 2.34. The quantitative estimate of drug-likeness (QED) is 0.748. The first-order valence-corrected chi connectivity index (χ1v) is 6.83. The van der Waals surface area contributed by atoms with Gasteiger partial charge in [0.1, 0.15) is 0 Å². The highest BCUT2D eigenvalue weighted by Gasteiger charge is 2.27. The molecule has 1 aliphatic carbocycles. The van der Waals surface area contributed by atoms with E-state index in [9.17, 15) is 4.79 Å². The molecule has 1 heterocycles. The van der Waals surface area contributed by atoms with E-state index in [1.165, 1.54) is 32.1 Å². The second-order valence-corrected chi connectivity index (χ2v) is 5.30. The number of piperidine rings is 1. The standard InChI is InChI=1S/C13H24N2O/c1-2-11(9-10-6-7-10)15-13(16)12-5-3-4-8-14-12/h10-12,14H,2-9H2,1H3,(H,15,16)/t11?,12-/m0/s1. The predicted octanol–water partition coefficient (Wildman–Crippen LogP) is 1.82. The van der Waals surface area contributed by atoms with Crippen molar-refractivity contribution in [1.29, 1.82) is 0 Å². The highest BCUT2D eigenvalue weighted by atomic mass is 16.2. The van der Waals surface area contributed by atoms with Gasteiger partial charge in [-0.15, -0.1) is 0 Å². The van der Waals surface area contributed by atoms with Crippen LogP contribution in [0.25, 0.3) is 0 Å². The molecule has 1 unspecified atom stereocenters. The Morgan fingerprint density at radius 2 is 2.19 bits per heavy atom. The molecule has 0 radical (unpaired) electrons. The summed E-state index contributed by atoms with van der Waals surface area (Å²) in [4.78, 5) is 12.0. The van der Waals surface area contributed by atoms with Crippen molar-refractivity contribution in [2.75, 3.05) is 6.54 Å². The van der Waals surface area contributed by atoms with E-state index in [4.69, 9.17) is 0 Å². The van der Waals surface area contributed by atoms with Crippen molar-refractivity contribution in [3.8, 4) is 0 Å². The van der Waals surface area contributed by atoms with Crippen LogP contribution in [0.15, 0.2) is 0 Å². The van der Waals surface area contributed by atoms with E-state index < -0.39 is 0 Å². The fourth-order valence-corrected chi connectivity index (χ4v) is 2.46. The van der Waals surface area contributed by atoms with E-state index in [1.807, 2.05) is 0 Å². The SMILES string of the molecule is CCC(CC1CC1)NC(=O)[C@@H]1CCCCN1. The Morgan fingerprint density at radius 3 is 2.75 bits per heavy atom. The van der Waals surface area contributed by atoms with E-state index in [1.54, 1.807) is 0 Å². The second kappa shape index (κ2) is 5.67. The lowest BCUT2D eigenvalue weighted by Crippen LogP contribution is -2.49. The first kappa shape index (κ1) is 11.9. The summed E-state index contributed by atoms with van der Waals surface area (Å²) in [6, 6.07) is 0.478. The van der Waals surface area contributed by atoms with Crippen LogP contribution in [0.2, 0.25) is 0 Å². The zero-order chi connectivity index (χ0) is 11.4. The Hall–Kier alpha value is -0.570. The third kappa shape index (κ3) is 3.48. The fourth-order valence-electron chi connectivity index (χ4n) is 2.46. The number of rotatable bonds is 5. The smallest absolute Gasteiger partial charge is 0.237 e. The molecule has 1 amide bonds. The minimum atomic E-state index is 0.0713. The molecule has 3 nitrogen and oxygen atoms in total. The summed E-state index contributed by atoms with van der Waals surface area (Å²) in [6.07, 6.45) is 8.39. The molecule has 1 aliphatic heterocycles. The summed E-state index contributed by atoms with van der Waals surface area (Å²) in [6.45, 7) is 3.17. The van der Waals surface area contributed by atoms with Gasteiger partial charge in [-0.05, 0) is 38.1 Å². The van der Waals surface area contributed by atoms with E-state index >= 15 is 0 Å². The Kier molecular flexibility index (Phi) is 4.22. The van der Waals surface area contributed by atoms with Crippen LogP contribution in [0, 0.1) is 5.92 Å². The number of carbonyl (C=O) groups is 1.